The van der Waals surface area contributed by atoms with Crippen molar-refractivity contribution in [1.82, 2.24) is 9.38 Å². The largest absolute Gasteiger partial charge is 0.396 e. The average molecular weight is 387 g/mol. The molecule has 1 aliphatic carbocycles. The van der Waals surface area contributed by atoms with Crippen molar-refractivity contribution in [2.45, 2.75) is 32.7 Å². The molecule has 2 unspecified atom stereocenters. The number of aromatic nitrogens is 2. The van der Waals surface area contributed by atoms with Crippen LogP contribution in [0.5, 0.6) is 0 Å². The van der Waals surface area contributed by atoms with Crippen LogP contribution in [0.2, 0.25) is 0 Å². The summed E-state index contributed by atoms with van der Waals surface area (Å²) in [6.07, 6.45) is 0.922. The topological polar surface area (TPSA) is 57.8 Å². The molecule has 27 heavy (non-hydrogen) atoms. The van der Waals surface area contributed by atoms with Gasteiger partial charge in [0.25, 0.3) is 5.56 Å². The minimum atomic E-state index is -0.268. The molecule has 1 N–H and O–H groups in total. The summed E-state index contributed by atoms with van der Waals surface area (Å²) < 4.78 is 14.9. The normalized spacial score (nSPS) is 18.8. The molecule has 3 aromatic rings. The number of benzene rings is 1. The Hall–Kier alpha value is -2.25. The van der Waals surface area contributed by atoms with E-state index in [0.717, 1.165) is 29.2 Å². The second kappa shape index (κ2) is 7.05. The van der Waals surface area contributed by atoms with Crippen molar-refractivity contribution < 1.29 is 9.50 Å². The molecule has 0 radical (unpaired) electrons. The molecule has 2 atom stereocenters. The lowest BCUT2D eigenvalue weighted by molar-refractivity contribution is 0.273. The molecule has 5 nitrogen and oxygen atoms in total. The zero-order chi connectivity index (χ0) is 19.1. The number of hydrogen-bond acceptors (Lipinski definition) is 5. The molecule has 142 valence electrons. The number of aryl methyl sites for hydroxylation is 1. The van der Waals surface area contributed by atoms with Crippen LogP contribution in [0, 0.1) is 18.7 Å². The van der Waals surface area contributed by atoms with Crippen LogP contribution in [0.25, 0.3) is 4.96 Å². The summed E-state index contributed by atoms with van der Waals surface area (Å²) in [6, 6.07) is 7.93. The monoisotopic (exact) mass is 387 g/mol. The van der Waals surface area contributed by atoms with Gasteiger partial charge in [-0.1, -0.05) is 0 Å². The van der Waals surface area contributed by atoms with E-state index < -0.39 is 0 Å². The van der Waals surface area contributed by atoms with E-state index >= 15 is 0 Å². The molecule has 0 saturated heterocycles. The van der Waals surface area contributed by atoms with Crippen LogP contribution in [0.3, 0.4) is 0 Å². The predicted molar refractivity (Wildman–Crippen MR) is 105 cm³/mol. The van der Waals surface area contributed by atoms with Gasteiger partial charge in [0.2, 0.25) is 0 Å². The number of thiazole rings is 1. The third-order valence-electron chi connectivity index (χ3n) is 5.22. The number of halogens is 1. The van der Waals surface area contributed by atoms with Gasteiger partial charge in [0.05, 0.1) is 12.2 Å². The fourth-order valence-corrected chi connectivity index (χ4v) is 4.73. The molecule has 2 heterocycles. The summed E-state index contributed by atoms with van der Waals surface area (Å²) in [6.45, 7) is 5.40. The standard InChI is InChI=1S/C20H22FN3O2S/c1-3-23(16-6-4-14(21)5-7-16)10-15-9-18(26)24-19(17-8-13(17)11-25)12(2)27-20(24)22-15/h4-7,9,13,17,25H,3,8,10-11H2,1-2H3. The average Bonchev–Trinajstić information content (AvgIpc) is 3.35. The van der Waals surface area contributed by atoms with E-state index in [9.17, 15) is 14.3 Å². The van der Waals surface area contributed by atoms with E-state index in [1.54, 1.807) is 22.6 Å². The smallest absolute Gasteiger partial charge is 0.259 e. The second-order valence-corrected chi connectivity index (χ2v) is 8.20. The molecule has 7 heteroatoms. The van der Waals surface area contributed by atoms with E-state index in [0.29, 0.717) is 17.2 Å². The molecule has 0 spiro atoms. The highest BCUT2D eigenvalue weighted by Gasteiger charge is 2.41. The fraction of sp³-hybridized carbons (Fsp3) is 0.400. The van der Waals surface area contributed by atoms with Gasteiger partial charge in [-0.3, -0.25) is 9.20 Å². The minimum absolute atomic E-state index is 0.0758. The summed E-state index contributed by atoms with van der Waals surface area (Å²) in [5, 5.41) is 9.37. The summed E-state index contributed by atoms with van der Waals surface area (Å²) >= 11 is 1.52. The van der Waals surface area contributed by atoms with Gasteiger partial charge in [0, 0.05) is 41.4 Å². The highest BCUT2D eigenvalue weighted by molar-refractivity contribution is 7.17. The van der Waals surface area contributed by atoms with Gasteiger partial charge in [-0.2, -0.15) is 0 Å². The molecule has 4 rings (SSSR count). The Morgan fingerprint density at radius 1 is 1.37 bits per heavy atom. The van der Waals surface area contributed by atoms with Crippen molar-refractivity contribution in [3.63, 3.8) is 0 Å². The number of fused-ring (bicyclic) bond motifs is 1. The first-order chi connectivity index (χ1) is 13.0. The van der Waals surface area contributed by atoms with E-state index in [1.807, 2.05) is 13.8 Å². The van der Waals surface area contributed by atoms with Crippen molar-refractivity contribution in [3.05, 3.63) is 62.8 Å². The Morgan fingerprint density at radius 3 is 2.74 bits per heavy atom. The summed E-state index contributed by atoms with van der Waals surface area (Å²) in [4.78, 5) is 21.4. The molecular weight excluding hydrogens is 365 g/mol. The number of hydrogen-bond donors (Lipinski definition) is 1. The highest BCUT2D eigenvalue weighted by atomic mass is 32.1. The first kappa shape index (κ1) is 18.1. The number of rotatable bonds is 6. The van der Waals surface area contributed by atoms with Gasteiger partial charge in [-0.15, -0.1) is 11.3 Å². The van der Waals surface area contributed by atoms with E-state index in [2.05, 4.69) is 4.90 Å². The maximum Gasteiger partial charge on any atom is 0.259 e. The Labute approximate surface area is 160 Å². The van der Waals surface area contributed by atoms with Crippen molar-refractivity contribution in [2.75, 3.05) is 18.1 Å². The van der Waals surface area contributed by atoms with E-state index in [-0.39, 0.29) is 29.8 Å². The van der Waals surface area contributed by atoms with Gasteiger partial charge in [0.1, 0.15) is 5.82 Å². The first-order valence-electron chi connectivity index (χ1n) is 9.15. The van der Waals surface area contributed by atoms with Gasteiger partial charge >= 0.3 is 0 Å². The zero-order valence-electron chi connectivity index (χ0n) is 15.4. The highest BCUT2D eigenvalue weighted by Crippen LogP contribution is 2.49. The van der Waals surface area contributed by atoms with Crippen LogP contribution in [-0.4, -0.2) is 27.6 Å². The number of aliphatic hydroxyl groups excluding tert-OH is 1. The van der Waals surface area contributed by atoms with Crippen LogP contribution in [-0.2, 0) is 6.54 Å². The van der Waals surface area contributed by atoms with Crippen LogP contribution < -0.4 is 10.5 Å². The van der Waals surface area contributed by atoms with Crippen molar-refractivity contribution in [3.8, 4) is 0 Å². The van der Waals surface area contributed by atoms with Crippen molar-refractivity contribution >= 4 is 22.0 Å². The predicted octanol–water partition coefficient (Wildman–Crippen LogP) is 3.33. The van der Waals surface area contributed by atoms with Gasteiger partial charge in [-0.05, 0) is 50.5 Å². The van der Waals surface area contributed by atoms with Crippen LogP contribution in [0.15, 0.2) is 35.1 Å². The molecule has 1 saturated carbocycles. The van der Waals surface area contributed by atoms with Crippen LogP contribution >= 0.6 is 11.3 Å². The maximum atomic E-state index is 13.2. The molecular formula is C20H22FN3O2S. The van der Waals surface area contributed by atoms with E-state index in [1.165, 1.54) is 23.5 Å². The molecule has 1 aliphatic rings. The molecule has 1 fully saturated rings. The quantitative estimate of drug-likeness (QED) is 0.705. The van der Waals surface area contributed by atoms with Crippen LogP contribution in [0.4, 0.5) is 10.1 Å². The number of nitrogens with zero attached hydrogens (tertiary/aromatic N) is 3. The molecule has 0 bridgehead atoms. The first-order valence-corrected chi connectivity index (χ1v) is 9.96. The fourth-order valence-electron chi connectivity index (χ4n) is 3.67. The maximum absolute atomic E-state index is 13.2. The van der Waals surface area contributed by atoms with Gasteiger partial charge < -0.3 is 10.0 Å². The molecule has 2 aromatic heterocycles. The summed E-state index contributed by atoms with van der Waals surface area (Å²) in [5.74, 6) is 0.234. The van der Waals surface area contributed by atoms with Gasteiger partial charge in [-0.25, -0.2) is 9.37 Å². The summed E-state index contributed by atoms with van der Waals surface area (Å²) in [5.41, 5.74) is 2.53. The van der Waals surface area contributed by atoms with E-state index in [4.69, 9.17) is 4.98 Å². The van der Waals surface area contributed by atoms with Crippen molar-refractivity contribution in [2.24, 2.45) is 5.92 Å². The zero-order valence-corrected chi connectivity index (χ0v) is 16.2. The Balaban J connectivity index is 1.67. The summed E-state index contributed by atoms with van der Waals surface area (Å²) in [7, 11) is 0. The van der Waals surface area contributed by atoms with Crippen LogP contribution in [0.1, 0.15) is 35.5 Å². The number of aliphatic hydroxyl groups is 1. The Morgan fingerprint density at radius 2 is 2.11 bits per heavy atom. The minimum Gasteiger partial charge on any atom is -0.396 e. The Bertz CT molecular complexity index is 1030. The second-order valence-electron chi connectivity index (χ2n) is 7.02. The Kier molecular flexibility index (Phi) is 4.74. The molecule has 1 aromatic carbocycles. The lowest BCUT2D eigenvalue weighted by Gasteiger charge is -2.22. The lowest BCUT2D eigenvalue weighted by atomic mass is 10.2. The number of anilines is 1. The lowest BCUT2D eigenvalue weighted by Crippen LogP contribution is -2.25. The molecule has 0 aliphatic heterocycles. The SMILES string of the molecule is CCN(Cc1cc(=O)n2c(C3CC3CO)c(C)sc2n1)c1ccc(F)cc1. The third-order valence-corrected chi connectivity index (χ3v) is 6.19. The van der Waals surface area contributed by atoms with Gasteiger partial charge in [0.15, 0.2) is 4.96 Å². The third kappa shape index (κ3) is 3.37. The van der Waals surface area contributed by atoms with Crippen molar-refractivity contribution in [1.29, 1.82) is 0 Å². The molecule has 0 amide bonds.